The highest BCUT2D eigenvalue weighted by molar-refractivity contribution is 5.34. The van der Waals surface area contributed by atoms with Crippen molar-refractivity contribution in [2.24, 2.45) is 0 Å². The van der Waals surface area contributed by atoms with E-state index in [1.54, 1.807) is 0 Å². The van der Waals surface area contributed by atoms with E-state index in [2.05, 4.69) is 13.2 Å². The first-order chi connectivity index (χ1) is 4.72. The van der Waals surface area contributed by atoms with Crippen LogP contribution in [-0.4, -0.2) is 0 Å². The van der Waals surface area contributed by atoms with Crippen LogP contribution >= 0.6 is 0 Å². The van der Waals surface area contributed by atoms with E-state index in [1.165, 1.54) is 0 Å². The maximum Gasteiger partial charge on any atom is -0.0282 e. The van der Waals surface area contributed by atoms with Crippen molar-refractivity contribution in [3.05, 3.63) is 36.5 Å². The molecule has 0 nitrogen and oxygen atoms in total. The lowest BCUT2D eigenvalue weighted by atomic mass is 10.1. The molecule has 0 aliphatic heterocycles. The lowest BCUT2D eigenvalue weighted by molar-refractivity contribution is 1.43. The maximum absolute atomic E-state index is 3.76. The van der Waals surface area contributed by atoms with Gasteiger partial charge in [0, 0.05) is 0 Å². The van der Waals surface area contributed by atoms with Crippen molar-refractivity contribution < 1.29 is 0 Å². The molecule has 0 aromatic rings. The summed E-state index contributed by atoms with van der Waals surface area (Å²) in [5.74, 6) is 0. The molecule has 58 valence electrons. The molecule has 0 N–H and O–H groups in total. The van der Waals surface area contributed by atoms with Gasteiger partial charge in [-0.3, -0.25) is 0 Å². The third-order valence-electron chi connectivity index (χ3n) is 1.02. The standard InChI is InChI=1S/C8H12.C2H6/c1-5-8(6-2)7(3)4;1-2/h5-6H,1,3H2,2,4H3;1-2H3/b8-6+;. The van der Waals surface area contributed by atoms with Crippen LogP contribution in [0.1, 0.15) is 27.7 Å². The van der Waals surface area contributed by atoms with E-state index in [0.717, 1.165) is 11.1 Å². The zero-order valence-corrected chi connectivity index (χ0v) is 7.57. The van der Waals surface area contributed by atoms with E-state index in [9.17, 15) is 0 Å². The molecule has 0 amide bonds. The van der Waals surface area contributed by atoms with Crippen LogP contribution < -0.4 is 0 Å². The summed E-state index contributed by atoms with van der Waals surface area (Å²) in [6.07, 6.45) is 3.80. The van der Waals surface area contributed by atoms with Crippen LogP contribution in [0, 0.1) is 0 Å². The molecule has 0 heterocycles. The van der Waals surface area contributed by atoms with Crippen molar-refractivity contribution >= 4 is 0 Å². The summed E-state index contributed by atoms with van der Waals surface area (Å²) in [6, 6.07) is 0. The van der Waals surface area contributed by atoms with Crippen LogP contribution in [0.25, 0.3) is 0 Å². The van der Waals surface area contributed by atoms with Crippen LogP contribution in [0.15, 0.2) is 36.5 Å². The zero-order valence-electron chi connectivity index (χ0n) is 7.57. The smallest absolute Gasteiger partial charge is 0.0282 e. The Hall–Kier alpha value is -0.780. The van der Waals surface area contributed by atoms with Gasteiger partial charge >= 0.3 is 0 Å². The normalized spacial score (nSPS) is 9.40. The largest absolute Gasteiger partial charge is 0.0985 e. The molecule has 0 saturated heterocycles. The molecule has 0 aliphatic rings. The predicted molar refractivity (Wildman–Crippen MR) is 50.1 cm³/mol. The average molecular weight is 138 g/mol. The van der Waals surface area contributed by atoms with E-state index >= 15 is 0 Å². The van der Waals surface area contributed by atoms with Crippen molar-refractivity contribution in [1.29, 1.82) is 0 Å². The highest BCUT2D eigenvalue weighted by Gasteiger charge is 1.85. The Labute approximate surface area is 65.0 Å². The summed E-state index contributed by atoms with van der Waals surface area (Å²) in [5.41, 5.74) is 2.20. The Bertz CT molecular complexity index is 127. The van der Waals surface area contributed by atoms with Crippen molar-refractivity contribution in [1.82, 2.24) is 0 Å². The van der Waals surface area contributed by atoms with Gasteiger partial charge in [-0.1, -0.05) is 44.7 Å². The lowest BCUT2D eigenvalue weighted by Crippen LogP contribution is -1.74. The summed E-state index contributed by atoms with van der Waals surface area (Å²) in [7, 11) is 0. The molecule has 0 radical (unpaired) electrons. The molecule has 0 fully saturated rings. The van der Waals surface area contributed by atoms with Gasteiger partial charge in [-0.05, 0) is 19.4 Å². The fourth-order valence-corrected chi connectivity index (χ4v) is 0.538. The molecule has 0 aromatic carbocycles. The Kier molecular flexibility index (Phi) is 9.82. The highest BCUT2D eigenvalue weighted by Crippen LogP contribution is 2.05. The van der Waals surface area contributed by atoms with Gasteiger partial charge in [-0.25, -0.2) is 0 Å². The number of hydrogen-bond donors (Lipinski definition) is 0. The minimum Gasteiger partial charge on any atom is -0.0985 e. The van der Waals surface area contributed by atoms with E-state index in [-0.39, 0.29) is 0 Å². The molecule has 0 rings (SSSR count). The molecule has 0 aromatic heterocycles. The third kappa shape index (κ3) is 5.36. The lowest BCUT2D eigenvalue weighted by Gasteiger charge is -1.94. The first-order valence-electron chi connectivity index (χ1n) is 3.67. The zero-order chi connectivity index (χ0) is 8.57. The Balaban J connectivity index is 0. The van der Waals surface area contributed by atoms with Gasteiger partial charge in [0.2, 0.25) is 0 Å². The minimum atomic E-state index is 1.07. The van der Waals surface area contributed by atoms with E-state index in [1.807, 2.05) is 39.8 Å². The van der Waals surface area contributed by atoms with Crippen LogP contribution in [0.5, 0.6) is 0 Å². The monoisotopic (exact) mass is 138 g/mol. The van der Waals surface area contributed by atoms with Crippen molar-refractivity contribution in [2.45, 2.75) is 27.7 Å². The second-order valence-electron chi connectivity index (χ2n) is 1.73. The fraction of sp³-hybridized carbons (Fsp3) is 0.400. The molecule has 0 saturated carbocycles. The summed E-state index contributed by atoms with van der Waals surface area (Å²) in [6.45, 7) is 15.3. The average Bonchev–Trinajstić information content (AvgIpc) is 1.94. The van der Waals surface area contributed by atoms with Gasteiger partial charge in [0.05, 0.1) is 0 Å². The molecular weight excluding hydrogens is 120 g/mol. The first-order valence-corrected chi connectivity index (χ1v) is 3.67. The summed E-state index contributed by atoms with van der Waals surface area (Å²) >= 11 is 0. The first kappa shape index (κ1) is 12.0. The molecule has 0 aliphatic carbocycles. The van der Waals surface area contributed by atoms with E-state index in [0.29, 0.717) is 0 Å². The maximum atomic E-state index is 3.76. The van der Waals surface area contributed by atoms with Gasteiger partial charge in [0.1, 0.15) is 0 Å². The molecule has 0 atom stereocenters. The summed E-state index contributed by atoms with van der Waals surface area (Å²) in [4.78, 5) is 0. The van der Waals surface area contributed by atoms with Crippen molar-refractivity contribution in [2.75, 3.05) is 0 Å². The molecule has 10 heavy (non-hydrogen) atoms. The van der Waals surface area contributed by atoms with Gasteiger partial charge in [0.15, 0.2) is 0 Å². The number of rotatable bonds is 2. The Morgan fingerprint density at radius 1 is 1.30 bits per heavy atom. The molecule has 0 spiro atoms. The Morgan fingerprint density at radius 2 is 1.70 bits per heavy atom. The van der Waals surface area contributed by atoms with Gasteiger partial charge < -0.3 is 0 Å². The molecule has 0 heteroatoms. The van der Waals surface area contributed by atoms with Crippen LogP contribution in [0.2, 0.25) is 0 Å². The van der Waals surface area contributed by atoms with E-state index in [4.69, 9.17) is 0 Å². The Morgan fingerprint density at radius 3 is 1.70 bits per heavy atom. The van der Waals surface area contributed by atoms with Gasteiger partial charge in [-0.2, -0.15) is 0 Å². The molecule has 0 unspecified atom stereocenters. The topological polar surface area (TPSA) is 0 Å². The quantitative estimate of drug-likeness (QED) is 0.510. The third-order valence-corrected chi connectivity index (χ3v) is 1.02. The van der Waals surface area contributed by atoms with Crippen LogP contribution in [-0.2, 0) is 0 Å². The number of hydrogen-bond acceptors (Lipinski definition) is 0. The predicted octanol–water partition coefficient (Wildman–Crippen LogP) is 3.72. The van der Waals surface area contributed by atoms with Crippen LogP contribution in [0.3, 0.4) is 0 Å². The van der Waals surface area contributed by atoms with Crippen molar-refractivity contribution in [3.8, 4) is 0 Å². The highest BCUT2D eigenvalue weighted by atomic mass is 13.9. The summed E-state index contributed by atoms with van der Waals surface area (Å²) < 4.78 is 0. The van der Waals surface area contributed by atoms with E-state index < -0.39 is 0 Å². The molecular formula is C10H18. The fourth-order valence-electron chi connectivity index (χ4n) is 0.538. The van der Waals surface area contributed by atoms with Gasteiger partial charge in [-0.15, -0.1) is 0 Å². The van der Waals surface area contributed by atoms with Crippen molar-refractivity contribution in [3.63, 3.8) is 0 Å². The second-order valence-corrected chi connectivity index (χ2v) is 1.73. The second kappa shape index (κ2) is 8.22. The van der Waals surface area contributed by atoms with Gasteiger partial charge in [0.25, 0.3) is 0 Å². The minimum absolute atomic E-state index is 1.07. The summed E-state index contributed by atoms with van der Waals surface area (Å²) in [5, 5.41) is 0. The molecule has 0 bridgehead atoms. The number of allylic oxidation sites excluding steroid dienone is 4. The SMILES string of the molecule is C=C/C(=C\C)C(=C)C.CC. The van der Waals surface area contributed by atoms with Crippen LogP contribution in [0.4, 0.5) is 0 Å².